The summed E-state index contributed by atoms with van der Waals surface area (Å²) in [5.74, 6) is 2.27. The van der Waals surface area contributed by atoms with Gasteiger partial charge in [0.05, 0.1) is 0 Å². The minimum absolute atomic E-state index is 0.267. The van der Waals surface area contributed by atoms with Crippen LogP contribution in [0.3, 0.4) is 0 Å². The van der Waals surface area contributed by atoms with Crippen LogP contribution in [0.1, 0.15) is 5.56 Å². The van der Waals surface area contributed by atoms with Crippen LogP contribution in [0.2, 0.25) is 0 Å². The smallest absolute Gasteiger partial charge is 0.231 e. The monoisotopic (exact) mass is 299 g/mol. The molecular weight excluding hydrogens is 286 g/mol. The highest BCUT2D eigenvalue weighted by Crippen LogP contribution is 2.38. The number of halogens is 1. The Morgan fingerprint density at radius 3 is 2.82 bits per heavy atom. The second-order valence-electron chi connectivity index (χ2n) is 3.65. The highest BCUT2D eigenvalue weighted by atomic mass is 79.9. The van der Waals surface area contributed by atoms with Crippen molar-refractivity contribution in [3.8, 4) is 17.2 Å². The van der Waals surface area contributed by atoms with E-state index in [1.54, 1.807) is 0 Å². The van der Waals surface area contributed by atoms with Gasteiger partial charge in [-0.2, -0.15) is 0 Å². The van der Waals surface area contributed by atoms with E-state index < -0.39 is 0 Å². The van der Waals surface area contributed by atoms with Crippen LogP contribution in [0.4, 0.5) is 0 Å². The van der Waals surface area contributed by atoms with Gasteiger partial charge in [-0.15, -0.1) is 0 Å². The lowest BCUT2D eigenvalue weighted by molar-refractivity contribution is 0.174. The minimum Gasteiger partial charge on any atom is -0.488 e. The number of ether oxygens (including phenoxy) is 3. The van der Waals surface area contributed by atoms with E-state index in [4.69, 9.17) is 14.2 Å². The topological polar surface area (TPSA) is 39.7 Å². The molecule has 0 bridgehead atoms. The number of hydrogen-bond donors (Lipinski definition) is 1. The summed E-state index contributed by atoms with van der Waals surface area (Å²) in [7, 11) is 1.89. The Bertz CT molecular complexity index is 434. The molecule has 4 nitrogen and oxygen atoms in total. The molecule has 1 aliphatic heterocycles. The molecule has 0 fully saturated rings. The van der Waals surface area contributed by atoms with Crippen molar-refractivity contribution in [2.24, 2.45) is 0 Å². The standard InChI is InChI=1S/C12H14BrNO3/c1-8(13)6-15-10-4-12-11(16-7-17-12)3-9(10)5-14-2/h3-4,14H,1,5-7H2,2H3. The van der Waals surface area contributed by atoms with Gasteiger partial charge >= 0.3 is 0 Å². The van der Waals surface area contributed by atoms with Gasteiger partial charge in [0, 0.05) is 22.7 Å². The van der Waals surface area contributed by atoms with Crippen LogP contribution >= 0.6 is 15.9 Å². The molecule has 1 N–H and O–H groups in total. The summed E-state index contributed by atoms with van der Waals surface area (Å²) < 4.78 is 17.1. The summed E-state index contributed by atoms with van der Waals surface area (Å²) >= 11 is 3.27. The summed E-state index contributed by atoms with van der Waals surface area (Å²) in [6, 6.07) is 3.79. The third-order valence-corrected chi connectivity index (χ3v) is 2.54. The van der Waals surface area contributed by atoms with E-state index in [0.29, 0.717) is 13.2 Å². The van der Waals surface area contributed by atoms with Crippen molar-refractivity contribution in [2.45, 2.75) is 6.54 Å². The Morgan fingerprint density at radius 2 is 2.18 bits per heavy atom. The van der Waals surface area contributed by atoms with E-state index in [0.717, 1.165) is 27.3 Å². The maximum atomic E-state index is 5.65. The largest absolute Gasteiger partial charge is 0.488 e. The predicted octanol–water partition coefficient (Wildman–Crippen LogP) is 2.42. The first-order chi connectivity index (χ1) is 8.20. The summed E-state index contributed by atoms with van der Waals surface area (Å²) in [5, 5.41) is 3.09. The van der Waals surface area contributed by atoms with Crippen molar-refractivity contribution >= 4 is 15.9 Å². The summed E-state index contributed by atoms with van der Waals surface area (Å²) in [5.41, 5.74) is 1.03. The van der Waals surface area contributed by atoms with E-state index >= 15 is 0 Å². The Balaban J connectivity index is 2.24. The molecule has 0 aliphatic carbocycles. The zero-order valence-corrected chi connectivity index (χ0v) is 11.2. The lowest BCUT2D eigenvalue weighted by Gasteiger charge is -2.12. The summed E-state index contributed by atoms with van der Waals surface area (Å²) in [4.78, 5) is 0. The van der Waals surface area contributed by atoms with Crippen molar-refractivity contribution in [3.05, 3.63) is 28.8 Å². The Labute approximate surface area is 109 Å². The van der Waals surface area contributed by atoms with Crippen molar-refractivity contribution in [3.63, 3.8) is 0 Å². The first-order valence-electron chi connectivity index (χ1n) is 5.24. The second-order valence-corrected chi connectivity index (χ2v) is 4.77. The molecule has 1 aromatic rings. The van der Waals surface area contributed by atoms with Crippen LogP contribution in [0.5, 0.6) is 17.2 Å². The average Bonchev–Trinajstić information content (AvgIpc) is 2.73. The van der Waals surface area contributed by atoms with Crippen molar-refractivity contribution in [1.29, 1.82) is 0 Å². The number of fused-ring (bicyclic) bond motifs is 1. The van der Waals surface area contributed by atoms with Gasteiger partial charge in [-0.05, 0) is 13.1 Å². The molecule has 0 unspecified atom stereocenters. The van der Waals surface area contributed by atoms with Crippen LogP contribution < -0.4 is 19.5 Å². The molecule has 2 rings (SSSR count). The number of nitrogens with one attached hydrogen (secondary N) is 1. The maximum Gasteiger partial charge on any atom is 0.231 e. The molecule has 0 amide bonds. The highest BCUT2D eigenvalue weighted by Gasteiger charge is 2.17. The molecule has 1 aromatic carbocycles. The molecule has 0 saturated carbocycles. The molecule has 1 heterocycles. The van der Waals surface area contributed by atoms with E-state index in [1.165, 1.54) is 0 Å². The third-order valence-electron chi connectivity index (χ3n) is 2.31. The van der Waals surface area contributed by atoms with Crippen LogP contribution in [0.25, 0.3) is 0 Å². The zero-order chi connectivity index (χ0) is 12.3. The third kappa shape index (κ3) is 2.92. The first kappa shape index (κ1) is 12.3. The number of benzene rings is 1. The van der Waals surface area contributed by atoms with Crippen LogP contribution in [-0.4, -0.2) is 20.4 Å². The fourth-order valence-electron chi connectivity index (χ4n) is 1.58. The van der Waals surface area contributed by atoms with Crippen LogP contribution in [0.15, 0.2) is 23.2 Å². The minimum atomic E-state index is 0.267. The number of rotatable bonds is 5. The fourth-order valence-corrected chi connectivity index (χ4v) is 1.70. The Hall–Kier alpha value is -1.20. The number of hydrogen-bond acceptors (Lipinski definition) is 4. The highest BCUT2D eigenvalue weighted by molar-refractivity contribution is 9.11. The molecule has 0 saturated heterocycles. The average molecular weight is 300 g/mol. The summed E-state index contributed by atoms with van der Waals surface area (Å²) in [6.45, 7) is 5.14. The zero-order valence-electron chi connectivity index (χ0n) is 9.59. The van der Waals surface area contributed by atoms with Gasteiger partial charge in [0.1, 0.15) is 12.4 Å². The molecule has 0 spiro atoms. The van der Waals surface area contributed by atoms with Gasteiger partial charge in [0.2, 0.25) is 6.79 Å². The van der Waals surface area contributed by atoms with Gasteiger partial charge in [-0.3, -0.25) is 0 Å². The molecule has 0 radical (unpaired) electrons. The van der Waals surface area contributed by atoms with Gasteiger partial charge in [0.25, 0.3) is 0 Å². The SMILES string of the molecule is C=C(Br)COc1cc2c(cc1CNC)OCO2. The molecule has 0 aromatic heterocycles. The molecular formula is C12H14BrNO3. The van der Waals surface area contributed by atoms with Gasteiger partial charge in [0.15, 0.2) is 11.5 Å². The fraction of sp³-hybridized carbons (Fsp3) is 0.333. The quantitative estimate of drug-likeness (QED) is 0.906. The van der Waals surface area contributed by atoms with E-state index in [9.17, 15) is 0 Å². The lowest BCUT2D eigenvalue weighted by atomic mass is 10.1. The van der Waals surface area contributed by atoms with Crippen molar-refractivity contribution < 1.29 is 14.2 Å². The van der Waals surface area contributed by atoms with Gasteiger partial charge < -0.3 is 19.5 Å². The molecule has 92 valence electrons. The van der Waals surface area contributed by atoms with Crippen molar-refractivity contribution in [2.75, 3.05) is 20.4 Å². The van der Waals surface area contributed by atoms with E-state index in [-0.39, 0.29) is 6.79 Å². The summed E-state index contributed by atoms with van der Waals surface area (Å²) in [6.07, 6.45) is 0. The normalized spacial score (nSPS) is 12.6. The van der Waals surface area contributed by atoms with Crippen LogP contribution in [0, 0.1) is 0 Å². The maximum absolute atomic E-state index is 5.65. The molecule has 17 heavy (non-hydrogen) atoms. The van der Waals surface area contributed by atoms with E-state index in [2.05, 4.69) is 27.8 Å². The van der Waals surface area contributed by atoms with E-state index in [1.807, 2.05) is 19.2 Å². The second kappa shape index (κ2) is 5.42. The Kier molecular flexibility index (Phi) is 3.91. The van der Waals surface area contributed by atoms with Gasteiger partial charge in [-0.25, -0.2) is 0 Å². The van der Waals surface area contributed by atoms with Crippen LogP contribution in [-0.2, 0) is 6.54 Å². The predicted molar refractivity (Wildman–Crippen MR) is 68.9 cm³/mol. The molecule has 5 heteroatoms. The first-order valence-corrected chi connectivity index (χ1v) is 6.03. The molecule has 0 atom stereocenters. The lowest BCUT2D eigenvalue weighted by Crippen LogP contribution is -2.08. The van der Waals surface area contributed by atoms with Gasteiger partial charge in [-0.1, -0.05) is 22.5 Å². The van der Waals surface area contributed by atoms with Crippen molar-refractivity contribution in [1.82, 2.24) is 5.32 Å². The Morgan fingerprint density at radius 1 is 1.47 bits per heavy atom. The molecule has 1 aliphatic rings.